The Balaban J connectivity index is 3.65. The predicted molar refractivity (Wildman–Crippen MR) is 49.8 cm³/mol. The van der Waals surface area contributed by atoms with E-state index >= 15 is 0 Å². The van der Waals surface area contributed by atoms with Gasteiger partial charge in [-0.15, -0.1) is 5.92 Å². The first-order valence-corrected chi connectivity index (χ1v) is 3.64. The molecule has 56 valence electrons. The van der Waals surface area contributed by atoms with E-state index in [1.165, 1.54) is 0 Å². The molecule has 0 heterocycles. The third kappa shape index (κ3) is 8.60. The fourth-order valence-corrected chi connectivity index (χ4v) is 0.452. The second-order valence-corrected chi connectivity index (χ2v) is 1.79. The van der Waals surface area contributed by atoms with E-state index in [0.717, 1.165) is 6.42 Å². The molecular formula is C11H12. The van der Waals surface area contributed by atoms with Gasteiger partial charge in [0.25, 0.3) is 0 Å². The molecule has 0 saturated carbocycles. The monoisotopic (exact) mass is 144 g/mol. The summed E-state index contributed by atoms with van der Waals surface area (Å²) in [7, 11) is 0. The van der Waals surface area contributed by atoms with Crippen molar-refractivity contribution in [1.82, 2.24) is 0 Å². The summed E-state index contributed by atoms with van der Waals surface area (Å²) in [5.41, 5.74) is 0. The van der Waals surface area contributed by atoms with E-state index in [4.69, 9.17) is 0 Å². The molecule has 0 rings (SSSR count). The van der Waals surface area contributed by atoms with E-state index in [0.29, 0.717) is 0 Å². The van der Waals surface area contributed by atoms with E-state index in [9.17, 15) is 0 Å². The highest BCUT2D eigenvalue weighted by atomic mass is 13.6. The minimum Gasteiger partial charge on any atom is -0.102 e. The van der Waals surface area contributed by atoms with Crippen molar-refractivity contribution in [2.24, 2.45) is 0 Å². The van der Waals surface area contributed by atoms with Crippen molar-refractivity contribution in [2.75, 3.05) is 0 Å². The normalized spacial score (nSPS) is 8.91. The maximum atomic E-state index is 2.93. The number of hydrogen-bond donors (Lipinski definition) is 0. The van der Waals surface area contributed by atoms with Crippen LogP contribution in [0.4, 0.5) is 0 Å². The molecule has 0 aromatic rings. The minimum atomic E-state index is 0.906. The standard InChI is InChI=1S/C11H12/c1-3-5-7-9-11-10-8-6-4-2/h8-11H,3H2,1-2H3/b10-8-,11-9+. The van der Waals surface area contributed by atoms with E-state index in [2.05, 4.69) is 23.7 Å². The van der Waals surface area contributed by atoms with Gasteiger partial charge in [-0.05, 0) is 19.1 Å². The van der Waals surface area contributed by atoms with Gasteiger partial charge in [-0.3, -0.25) is 0 Å². The molecule has 0 radical (unpaired) electrons. The van der Waals surface area contributed by atoms with Crippen molar-refractivity contribution in [3.63, 3.8) is 0 Å². The van der Waals surface area contributed by atoms with Crippen molar-refractivity contribution in [2.45, 2.75) is 20.3 Å². The molecule has 0 spiro atoms. The molecule has 0 unspecified atom stereocenters. The van der Waals surface area contributed by atoms with Gasteiger partial charge in [0.1, 0.15) is 0 Å². The van der Waals surface area contributed by atoms with Gasteiger partial charge in [-0.25, -0.2) is 0 Å². The molecule has 0 aliphatic rings. The van der Waals surface area contributed by atoms with Crippen LogP contribution in [-0.4, -0.2) is 0 Å². The summed E-state index contributed by atoms with van der Waals surface area (Å²) < 4.78 is 0. The number of hydrogen-bond acceptors (Lipinski definition) is 0. The quantitative estimate of drug-likeness (QED) is 0.392. The van der Waals surface area contributed by atoms with E-state index in [-0.39, 0.29) is 0 Å². The fourth-order valence-electron chi connectivity index (χ4n) is 0.452. The summed E-state index contributed by atoms with van der Waals surface area (Å²) in [6, 6.07) is 0. The molecule has 0 atom stereocenters. The van der Waals surface area contributed by atoms with Gasteiger partial charge in [0.15, 0.2) is 0 Å². The largest absolute Gasteiger partial charge is 0.102 e. The molecule has 0 nitrogen and oxygen atoms in total. The molecule has 0 N–H and O–H groups in total. The van der Waals surface area contributed by atoms with Crippen LogP contribution < -0.4 is 0 Å². The maximum absolute atomic E-state index is 2.93. The summed E-state index contributed by atoms with van der Waals surface area (Å²) in [5.74, 6) is 11.4. The van der Waals surface area contributed by atoms with Gasteiger partial charge >= 0.3 is 0 Å². The molecule has 0 aliphatic carbocycles. The Bertz CT molecular complexity index is 245. The van der Waals surface area contributed by atoms with E-state index in [1.54, 1.807) is 6.08 Å². The van der Waals surface area contributed by atoms with E-state index in [1.807, 2.05) is 32.1 Å². The lowest BCUT2D eigenvalue weighted by atomic mass is 10.4. The van der Waals surface area contributed by atoms with Gasteiger partial charge in [-0.2, -0.15) is 0 Å². The van der Waals surface area contributed by atoms with Gasteiger partial charge in [0.2, 0.25) is 0 Å². The van der Waals surface area contributed by atoms with Crippen molar-refractivity contribution >= 4 is 0 Å². The molecule has 0 heteroatoms. The van der Waals surface area contributed by atoms with Gasteiger partial charge in [-0.1, -0.05) is 36.8 Å². The van der Waals surface area contributed by atoms with Crippen molar-refractivity contribution < 1.29 is 0 Å². The zero-order chi connectivity index (χ0) is 8.36. The Hall–Kier alpha value is -1.40. The van der Waals surface area contributed by atoms with Crippen LogP contribution in [0.1, 0.15) is 20.3 Å². The molecule has 0 saturated heterocycles. The van der Waals surface area contributed by atoms with Crippen LogP contribution in [0.2, 0.25) is 0 Å². The Morgan fingerprint density at radius 3 is 2.27 bits per heavy atom. The van der Waals surface area contributed by atoms with Crippen LogP contribution in [0.15, 0.2) is 24.3 Å². The first kappa shape index (κ1) is 9.60. The smallest absolute Gasteiger partial charge is 0.00637 e. The van der Waals surface area contributed by atoms with Crippen molar-refractivity contribution in [3.05, 3.63) is 24.3 Å². The second kappa shape index (κ2) is 8.60. The summed E-state index contributed by atoms with van der Waals surface area (Å²) in [6.45, 7) is 3.84. The van der Waals surface area contributed by atoms with Crippen LogP contribution >= 0.6 is 0 Å². The summed E-state index contributed by atoms with van der Waals surface area (Å²) in [6.07, 6.45) is 8.28. The molecule has 0 aromatic carbocycles. The lowest BCUT2D eigenvalue weighted by molar-refractivity contribution is 1.28. The first-order chi connectivity index (χ1) is 5.41. The Morgan fingerprint density at radius 2 is 1.73 bits per heavy atom. The van der Waals surface area contributed by atoms with Crippen LogP contribution in [0, 0.1) is 23.7 Å². The number of rotatable bonds is 1. The molecule has 0 fully saturated rings. The molecule has 0 amide bonds. The second-order valence-electron chi connectivity index (χ2n) is 1.79. The van der Waals surface area contributed by atoms with Gasteiger partial charge < -0.3 is 0 Å². The Morgan fingerprint density at radius 1 is 1.09 bits per heavy atom. The van der Waals surface area contributed by atoms with Crippen LogP contribution in [0.25, 0.3) is 0 Å². The van der Waals surface area contributed by atoms with Crippen LogP contribution in [0.3, 0.4) is 0 Å². The summed E-state index contributed by atoms with van der Waals surface area (Å²) in [5, 5.41) is 0. The lowest BCUT2D eigenvalue weighted by Crippen LogP contribution is -1.53. The maximum Gasteiger partial charge on any atom is 0.00637 e. The Labute approximate surface area is 69.0 Å². The highest BCUT2D eigenvalue weighted by Gasteiger charge is 1.59. The highest BCUT2D eigenvalue weighted by molar-refractivity contribution is 5.23. The summed E-state index contributed by atoms with van der Waals surface area (Å²) in [4.78, 5) is 0. The topological polar surface area (TPSA) is 0 Å². The third-order valence-electron chi connectivity index (χ3n) is 0.893. The molecular weight excluding hydrogens is 132 g/mol. The molecule has 11 heavy (non-hydrogen) atoms. The zero-order valence-electron chi connectivity index (χ0n) is 7.02. The molecule has 0 bridgehead atoms. The molecule has 0 aliphatic heterocycles. The van der Waals surface area contributed by atoms with Crippen LogP contribution in [-0.2, 0) is 0 Å². The van der Waals surface area contributed by atoms with Crippen LogP contribution in [0.5, 0.6) is 0 Å². The average molecular weight is 144 g/mol. The number of allylic oxidation sites excluding steroid dienone is 4. The fraction of sp³-hybridized carbons (Fsp3) is 0.273. The SMILES string of the molecule is CC#C/C=C\C=C\C#CCC. The average Bonchev–Trinajstić information content (AvgIpc) is 2.03. The predicted octanol–water partition coefficient (Wildman–Crippen LogP) is 2.54. The third-order valence-corrected chi connectivity index (χ3v) is 0.893. The minimum absolute atomic E-state index is 0.906. The lowest BCUT2D eigenvalue weighted by Gasteiger charge is -1.68. The van der Waals surface area contributed by atoms with Gasteiger partial charge in [0.05, 0.1) is 0 Å². The molecule has 0 aromatic heterocycles. The summed E-state index contributed by atoms with van der Waals surface area (Å²) >= 11 is 0. The zero-order valence-corrected chi connectivity index (χ0v) is 7.02. The van der Waals surface area contributed by atoms with Crippen molar-refractivity contribution in [1.29, 1.82) is 0 Å². The van der Waals surface area contributed by atoms with Gasteiger partial charge in [0, 0.05) is 6.42 Å². The Kier molecular flexibility index (Phi) is 7.51. The van der Waals surface area contributed by atoms with E-state index < -0.39 is 0 Å². The highest BCUT2D eigenvalue weighted by Crippen LogP contribution is 1.75. The van der Waals surface area contributed by atoms with Crippen molar-refractivity contribution in [3.8, 4) is 23.7 Å². The first-order valence-electron chi connectivity index (χ1n) is 3.64.